The van der Waals surface area contributed by atoms with Crippen molar-refractivity contribution in [1.82, 2.24) is 0 Å². The molecule has 374 valence electrons. The topological polar surface area (TPSA) is 78.9 Å². The van der Waals surface area contributed by atoms with Gasteiger partial charge in [0, 0.05) is 19.3 Å². The molecule has 0 aliphatic rings. The Balaban J connectivity index is 4.27. The molecule has 6 heteroatoms. The Labute approximate surface area is 393 Å². The molecule has 0 radical (unpaired) electrons. The molecule has 0 aromatic carbocycles. The van der Waals surface area contributed by atoms with Gasteiger partial charge in [-0.1, -0.05) is 290 Å². The first-order valence-electron chi connectivity index (χ1n) is 28.5. The predicted molar refractivity (Wildman–Crippen MR) is 270 cm³/mol. The molecule has 0 heterocycles. The van der Waals surface area contributed by atoms with Crippen LogP contribution in [0.15, 0.2) is 0 Å². The van der Waals surface area contributed by atoms with Crippen molar-refractivity contribution in [2.24, 2.45) is 0 Å². The summed E-state index contributed by atoms with van der Waals surface area (Å²) in [6, 6.07) is 0. The molecule has 0 unspecified atom stereocenters. The first-order chi connectivity index (χ1) is 31.0. The lowest BCUT2D eigenvalue weighted by Gasteiger charge is -2.18. The molecule has 0 fully saturated rings. The van der Waals surface area contributed by atoms with Crippen molar-refractivity contribution < 1.29 is 28.6 Å². The third kappa shape index (κ3) is 51.3. The number of esters is 3. The highest BCUT2D eigenvalue weighted by Crippen LogP contribution is 2.18. The molecule has 0 aromatic rings. The van der Waals surface area contributed by atoms with Crippen molar-refractivity contribution in [3.8, 4) is 0 Å². The molecule has 0 rings (SSSR count). The SMILES string of the molecule is CCCCCCCCCCCCCCCCCCCCC(=O)O[C@@H](COC(=O)CCCCCCCCCCCCCC)COC(=O)CCCCCCCCCCCCCCCCC. The predicted octanol–water partition coefficient (Wildman–Crippen LogP) is 18.8. The van der Waals surface area contributed by atoms with Gasteiger partial charge in [-0.15, -0.1) is 0 Å². The summed E-state index contributed by atoms with van der Waals surface area (Å²) in [4.78, 5) is 38.1. The molecule has 0 aliphatic heterocycles. The normalized spacial score (nSPS) is 11.9. The van der Waals surface area contributed by atoms with Gasteiger partial charge >= 0.3 is 17.9 Å². The van der Waals surface area contributed by atoms with Crippen LogP contribution in [-0.4, -0.2) is 37.2 Å². The summed E-state index contributed by atoms with van der Waals surface area (Å²) >= 11 is 0. The van der Waals surface area contributed by atoms with Gasteiger partial charge in [-0.05, 0) is 19.3 Å². The number of hydrogen-bond donors (Lipinski definition) is 0. The van der Waals surface area contributed by atoms with Crippen LogP contribution in [0.3, 0.4) is 0 Å². The Hall–Kier alpha value is -1.59. The highest BCUT2D eigenvalue weighted by atomic mass is 16.6. The average molecular weight is 892 g/mol. The van der Waals surface area contributed by atoms with Crippen molar-refractivity contribution >= 4 is 17.9 Å². The maximum absolute atomic E-state index is 12.8. The number of unbranched alkanes of at least 4 members (excludes halogenated alkanes) is 42. The van der Waals surface area contributed by atoms with Crippen molar-refractivity contribution in [3.05, 3.63) is 0 Å². The summed E-state index contributed by atoms with van der Waals surface area (Å²) in [5.74, 6) is -0.834. The monoisotopic (exact) mass is 891 g/mol. The highest BCUT2D eigenvalue weighted by Gasteiger charge is 2.19. The molecule has 6 nitrogen and oxygen atoms in total. The van der Waals surface area contributed by atoms with Crippen LogP contribution in [0.4, 0.5) is 0 Å². The van der Waals surface area contributed by atoms with Crippen molar-refractivity contribution in [1.29, 1.82) is 0 Å². The minimum absolute atomic E-state index is 0.0612. The smallest absolute Gasteiger partial charge is 0.306 e. The van der Waals surface area contributed by atoms with E-state index >= 15 is 0 Å². The van der Waals surface area contributed by atoms with Gasteiger partial charge in [0.05, 0.1) is 0 Å². The number of carbonyl (C=O) groups is 3. The number of carbonyl (C=O) groups excluding carboxylic acids is 3. The Morgan fingerprint density at radius 2 is 0.429 bits per heavy atom. The maximum Gasteiger partial charge on any atom is 0.306 e. The van der Waals surface area contributed by atoms with E-state index in [4.69, 9.17) is 14.2 Å². The van der Waals surface area contributed by atoms with E-state index in [0.717, 1.165) is 57.8 Å². The molecule has 0 saturated carbocycles. The average Bonchev–Trinajstić information content (AvgIpc) is 3.28. The third-order valence-corrected chi connectivity index (χ3v) is 13.1. The zero-order chi connectivity index (χ0) is 45.8. The van der Waals surface area contributed by atoms with E-state index in [9.17, 15) is 14.4 Å². The van der Waals surface area contributed by atoms with E-state index in [1.807, 2.05) is 0 Å². The zero-order valence-corrected chi connectivity index (χ0v) is 42.9. The minimum atomic E-state index is -0.760. The van der Waals surface area contributed by atoms with E-state index in [1.54, 1.807) is 0 Å². The highest BCUT2D eigenvalue weighted by molar-refractivity contribution is 5.71. The lowest BCUT2D eigenvalue weighted by molar-refractivity contribution is -0.167. The van der Waals surface area contributed by atoms with Gasteiger partial charge in [0.25, 0.3) is 0 Å². The fourth-order valence-electron chi connectivity index (χ4n) is 8.80. The minimum Gasteiger partial charge on any atom is -0.462 e. The van der Waals surface area contributed by atoms with E-state index < -0.39 is 6.10 Å². The Bertz CT molecular complexity index is 936. The summed E-state index contributed by atoms with van der Waals surface area (Å²) in [5.41, 5.74) is 0. The van der Waals surface area contributed by atoms with Crippen LogP contribution in [0.25, 0.3) is 0 Å². The molecular formula is C57H110O6. The largest absolute Gasteiger partial charge is 0.462 e. The maximum atomic E-state index is 12.8. The molecule has 0 aliphatic carbocycles. The Kier molecular flexibility index (Phi) is 51.7. The third-order valence-electron chi connectivity index (χ3n) is 13.1. The van der Waals surface area contributed by atoms with Crippen molar-refractivity contribution in [2.45, 2.75) is 335 Å². The van der Waals surface area contributed by atoms with Crippen LogP contribution in [0.2, 0.25) is 0 Å². The van der Waals surface area contributed by atoms with Crippen LogP contribution < -0.4 is 0 Å². The van der Waals surface area contributed by atoms with Crippen LogP contribution in [0.1, 0.15) is 329 Å². The first-order valence-corrected chi connectivity index (χ1v) is 28.5. The van der Waals surface area contributed by atoms with Gasteiger partial charge in [0.2, 0.25) is 0 Å². The summed E-state index contributed by atoms with van der Waals surface area (Å²) in [6.07, 6.45) is 58.0. The van der Waals surface area contributed by atoms with Gasteiger partial charge in [0.1, 0.15) is 13.2 Å². The second kappa shape index (κ2) is 53.0. The molecule has 0 aromatic heterocycles. The summed E-state index contributed by atoms with van der Waals surface area (Å²) < 4.78 is 16.9. The number of rotatable bonds is 53. The molecule has 0 amide bonds. The lowest BCUT2D eigenvalue weighted by Crippen LogP contribution is -2.30. The van der Waals surface area contributed by atoms with E-state index in [-0.39, 0.29) is 31.1 Å². The molecule has 0 bridgehead atoms. The van der Waals surface area contributed by atoms with Gasteiger partial charge in [0.15, 0.2) is 6.10 Å². The van der Waals surface area contributed by atoms with Gasteiger partial charge in [-0.25, -0.2) is 0 Å². The standard InChI is InChI=1S/C57H110O6/c1-4-7-10-13-16-19-22-25-27-28-29-31-33-36-39-42-45-48-51-57(60)63-54(52-61-55(58)49-46-43-40-37-34-24-21-18-15-12-9-6-3)53-62-56(59)50-47-44-41-38-35-32-30-26-23-20-17-14-11-8-5-2/h54H,4-53H2,1-3H3/t54-/m0/s1. The van der Waals surface area contributed by atoms with Crippen LogP contribution in [-0.2, 0) is 28.6 Å². The van der Waals surface area contributed by atoms with Crippen molar-refractivity contribution in [3.63, 3.8) is 0 Å². The quantitative estimate of drug-likeness (QED) is 0.0344. The number of ether oxygens (including phenoxy) is 3. The Morgan fingerprint density at radius 1 is 0.254 bits per heavy atom. The fourth-order valence-corrected chi connectivity index (χ4v) is 8.80. The van der Waals surface area contributed by atoms with Crippen LogP contribution >= 0.6 is 0 Å². The molecule has 63 heavy (non-hydrogen) atoms. The van der Waals surface area contributed by atoms with Gasteiger partial charge in [-0.3, -0.25) is 14.4 Å². The van der Waals surface area contributed by atoms with Gasteiger partial charge in [-0.2, -0.15) is 0 Å². The second-order valence-corrected chi connectivity index (χ2v) is 19.6. The molecular weight excluding hydrogens is 781 g/mol. The van der Waals surface area contributed by atoms with Gasteiger partial charge < -0.3 is 14.2 Å². The van der Waals surface area contributed by atoms with E-state index in [2.05, 4.69) is 20.8 Å². The first kappa shape index (κ1) is 61.4. The molecule has 1 atom stereocenters. The Morgan fingerprint density at radius 3 is 0.635 bits per heavy atom. The van der Waals surface area contributed by atoms with Crippen LogP contribution in [0.5, 0.6) is 0 Å². The molecule has 0 spiro atoms. The van der Waals surface area contributed by atoms with E-state index in [0.29, 0.717) is 19.3 Å². The fraction of sp³-hybridized carbons (Fsp3) is 0.947. The van der Waals surface area contributed by atoms with Crippen molar-refractivity contribution in [2.75, 3.05) is 13.2 Å². The summed E-state index contributed by atoms with van der Waals surface area (Å²) in [6.45, 7) is 6.70. The summed E-state index contributed by atoms with van der Waals surface area (Å²) in [7, 11) is 0. The number of hydrogen-bond acceptors (Lipinski definition) is 6. The molecule has 0 N–H and O–H groups in total. The van der Waals surface area contributed by atoms with E-state index in [1.165, 1.54) is 231 Å². The second-order valence-electron chi connectivity index (χ2n) is 19.6. The summed E-state index contributed by atoms with van der Waals surface area (Å²) in [5, 5.41) is 0. The molecule has 0 saturated heterocycles. The zero-order valence-electron chi connectivity index (χ0n) is 42.9. The lowest BCUT2D eigenvalue weighted by atomic mass is 10.0. The van der Waals surface area contributed by atoms with Crippen LogP contribution in [0, 0.1) is 0 Å².